The van der Waals surface area contributed by atoms with Crippen molar-refractivity contribution >= 4 is 11.8 Å². The van der Waals surface area contributed by atoms with Crippen LogP contribution in [0.3, 0.4) is 0 Å². The Kier molecular flexibility index (Phi) is 5.57. The third kappa shape index (κ3) is 4.07. The van der Waals surface area contributed by atoms with E-state index in [2.05, 4.69) is 33.8 Å². The van der Waals surface area contributed by atoms with Gasteiger partial charge in [0.2, 0.25) is 5.78 Å². The number of carbonyl (C=O) groups excluding carboxylic acids is 2. The van der Waals surface area contributed by atoms with Gasteiger partial charge in [0.1, 0.15) is 5.75 Å². The van der Waals surface area contributed by atoms with Gasteiger partial charge in [0.25, 0.3) is 0 Å². The summed E-state index contributed by atoms with van der Waals surface area (Å²) < 4.78 is 10.6. The normalized spacial score (nSPS) is 16.6. The van der Waals surface area contributed by atoms with Crippen LogP contribution in [0.2, 0.25) is 0 Å². The molecule has 0 fully saturated rings. The van der Waals surface area contributed by atoms with Crippen molar-refractivity contribution in [2.45, 2.75) is 58.3 Å². The second-order valence-corrected chi connectivity index (χ2v) is 9.18. The van der Waals surface area contributed by atoms with Gasteiger partial charge in [0.15, 0.2) is 6.61 Å². The molecule has 2 aromatic rings. The van der Waals surface area contributed by atoms with Crippen molar-refractivity contribution in [3.05, 3.63) is 64.2 Å². The Morgan fingerprint density at radius 1 is 1.00 bits per heavy atom. The predicted octanol–water partition coefficient (Wildman–Crippen LogP) is 5.39. The number of rotatable bonds is 5. The average Bonchev–Trinajstić information content (AvgIpc) is 2.69. The fraction of sp³-hybridized carbons (Fsp3) is 0.440. The SMILES string of the molecule is COC(=O)c1ccc(OCC(=O)c2cccc3c2C(C)(C)CCC3(C)C)c(C)c1. The molecule has 4 nitrogen and oxygen atoms in total. The second kappa shape index (κ2) is 7.66. The molecule has 0 aromatic heterocycles. The molecule has 1 aliphatic rings. The fourth-order valence-corrected chi connectivity index (χ4v) is 4.24. The molecule has 2 aromatic carbocycles. The summed E-state index contributed by atoms with van der Waals surface area (Å²) in [5, 5.41) is 0. The first-order valence-corrected chi connectivity index (χ1v) is 10.1. The van der Waals surface area contributed by atoms with Crippen LogP contribution in [0, 0.1) is 6.92 Å². The molecule has 0 spiro atoms. The Morgan fingerprint density at radius 2 is 1.69 bits per heavy atom. The lowest BCUT2D eigenvalue weighted by atomic mass is 9.62. The van der Waals surface area contributed by atoms with Crippen LogP contribution in [0.25, 0.3) is 0 Å². The maximum Gasteiger partial charge on any atom is 0.337 e. The molecule has 0 atom stereocenters. The minimum Gasteiger partial charge on any atom is -0.485 e. The van der Waals surface area contributed by atoms with E-state index in [1.54, 1.807) is 18.2 Å². The number of ketones is 1. The summed E-state index contributed by atoms with van der Waals surface area (Å²) in [4.78, 5) is 24.8. The number of hydrogen-bond acceptors (Lipinski definition) is 4. The lowest BCUT2D eigenvalue weighted by molar-refractivity contribution is 0.0600. The topological polar surface area (TPSA) is 52.6 Å². The molecule has 0 unspecified atom stereocenters. The van der Waals surface area contributed by atoms with E-state index >= 15 is 0 Å². The van der Waals surface area contributed by atoms with Gasteiger partial charge >= 0.3 is 5.97 Å². The summed E-state index contributed by atoms with van der Waals surface area (Å²) in [5.41, 5.74) is 4.43. The molecule has 0 saturated heterocycles. The first-order valence-electron chi connectivity index (χ1n) is 10.1. The van der Waals surface area contributed by atoms with Crippen molar-refractivity contribution in [3.8, 4) is 5.75 Å². The second-order valence-electron chi connectivity index (χ2n) is 9.18. The van der Waals surface area contributed by atoms with Gasteiger partial charge in [-0.25, -0.2) is 4.79 Å². The van der Waals surface area contributed by atoms with E-state index in [1.807, 2.05) is 19.1 Å². The zero-order chi connectivity index (χ0) is 21.4. The predicted molar refractivity (Wildman–Crippen MR) is 114 cm³/mol. The van der Waals surface area contributed by atoms with Gasteiger partial charge in [-0.05, 0) is 65.5 Å². The van der Waals surface area contributed by atoms with Crippen LogP contribution in [0.5, 0.6) is 5.75 Å². The van der Waals surface area contributed by atoms with Crippen LogP contribution in [0.15, 0.2) is 36.4 Å². The minimum absolute atomic E-state index is 0.0240. The highest BCUT2D eigenvalue weighted by atomic mass is 16.5. The van der Waals surface area contributed by atoms with Gasteiger partial charge in [0.05, 0.1) is 12.7 Å². The summed E-state index contributed by atoms with van der Waals surface area (Å²) >= 11 is 0. The molecular weight excluding hydrogens is 364 g/mol. The van der Waals surface area contributed by atoms with E-state index in [-0.39, 0.29) is 23.2 Å². The molecule has 0 heterocycles. The average molecular weight is 395 g/mol. The third-order valence-corrected chi connectivity index (χ3v) is 6.10. The maximum absolute atomic E-state index is 13.1. The molecule has 1 aliphatic carbocycles. The van der Waals surface area contributed by atoms with Crippen molar-refractivity contribution in [1.29, 1.82) is 0 Å². The molecule has 0 N–H and O–H groups in total. The van der Waals surface area contributed by atoms with Crippen LogP contribution in [0.1, 0.15) is 77.9 Å². The molecule has 4 heteroatoms. The van der Waals surface area contributed by atoms with Crippen molar-refractivity contribution in [1.82, 2.24) is 0 Å². The Hall–Kier alpha value is -2.62. The molecule has 0 radical (unpaired) electrons. The van der Waals surface area contributed by atoms with Crippen molar-refractivity contribution in [3.63, 3.8) is 0 Å². The zero-order valence-electron chi connectivity index (χ0n) is 18.2. The van der Waals surface area contributed by atoms with Gasteiger partial charge < -0.3 is 9.47 Å². The Morgan fingerprint density at radius 3 is 2.34 bits per heavy atom. The van der Waals surface area contributed by atoms with E-state index in [0.717, 1.165) is 29.5 Å². The molecule has 0 amide bonds. The molecule has 0 bridgehead atoms. The monoisotopic (exact) mass is 394 g/mol. The molecule has 3 rings (SSSR count). The number of benzene rings is 2. The largest absolute Gasteiger partial charge is 0.485 e. The number of fused-ring (bicyclic) bond motifs is 1. The van der Waals surface area contributed by atoms with Crippen molar-refractivity contribution in [2.24, 2.45) is 0 Å². The number of aryl methyl sites for hydroxylation is 1. The standard InChI is InChI=1S/C25H30O4/c1-16-14-17(23(27)28-6)10-11-21(16)29-15-20(26)18-8-7-9-19-22(18)25(4,5)13-12-24(19,2)3/h7-11,14H,12-13,15H2,1-6H3. The van der Waals surface area contributed by atoms with Crippen LogP contribution < -0.4 is 4.74 Å². The Bertz CT molecular complexity index is 953. The highest BCUT2D eigenvalue weighted by Gasteiger charge is 2.39. The fourth-order valence-electron chi connectivity index (χ4n) is 4.24. The summed E-state index contributed by atoms with van der Waals surface area (Å²) in [6.45, 7) is 10.7. The van der Waals surface area contributed by atoms with E-state index < -0.39 is 5.97 Å². The number of hydrogen-bond donors (Lipinski definition) is 0. The summed E-state index contributed by atoms with van der Waals surface area (Å²) in [5.74, 6) is 0.177. The molecule has 0 aliphatic heterocycles. The lowest BCUT2D eigenvalue weighted by Crippen LogP contribution is -2.36. The molecule has 0 saturated carbocycles. The summed E-state index contributed by atoms with van der Waals surface area (Å²) in [6.07, 6.45) is 2.15. The first kappa shape index (κ1) is 21.1. The highest BCUT2D eigenvalue weighted by molar-refractivity contribution is 5.99. The van der Waals surface area contributed by atoms with Crippen LogP contribution in [0.4, 0.5) is 0 Å². The Labute approximate surface area is 173 Å². The number of methoxy groups -OCH3 is 1. The quantitative estimate of drug-likeness (QED) is 0.504. The van der Waals surface area contributed by atoms with Crippen LogP contribution >= 0.6 is 0 Å². The summed E-state index contributed by atoms with van der Waals surface area (Å²) in [6, 6.07) is 11.1. The van der Waals surface area contributed by atoms with Gasteiger partial charge in [-0.3, -0.25) is 4.79 Å². The van der Waals surface area contributed by atoms with E-state index in [9.17, 15) is 9.59 Å². The van der Waals surface area contributed by atoms with Crippen molar-refractivity contribution in [2.75, 3.05) is 13.7 Å². The van der Waals surface area contributed by atoms with E-state index in [0.29, 0.717) is 11.3 Å². The van der Waals surface area contributed by atoms with Gasteiger partial charge in [0, 0.05) is 5.56 Å². The minimum atomic E-state index is -0.392. The molecular formula is C25H30O4. The number of esters is 1. The van der Waals surface area contributed by atoms with Gasteiger partial charge in [-0.15, -0.1) is 0 Å². The summed E-state index contributed by atoms with van der Waals surface area (Å²) in [7, 11) is 1.35. The number of carbonyl (C=O) groups is 2. The van der Waals surface area contributed by atoms with E-state index in [1.165, 1.54) is 12.7 Å². The molecule has 29 heavy (non-hydrogen) atoms. The molecule has 154 valence electrons. The van der Waals surface area contributed by atoms with Gasteiger partial charge in [-0.2, -0.15) is 0 Å². The third-order valence-electron chi connectivity index (χ3n) is 6.10. The maximum atomic E-state index is 13.1. The van der Waals surface area contributed by atoms with E-state index in [4.69, 9.17) is 9.47 Å². The smallest absolute Gasteiger partial charge is 0.337 e. The Balaban J connectivity index is 1.85. The zero-order valence-corrected chi connectivity index (χ0v) is 18.2. The van der Waals surface area contributed by atoms with Crippen LogP contribution in [-0.4, -0.2) is 25.5 Å². The highest BCUT2D eigenvalue weighted by Crippen LogP contribution is 2.47. The van der Waals surface area contributed by atoms with Crippen LogP contribution in [-0.2, 0) is 15.6 Å². The number of ether oxygens (including phenoxy) is 2. The van der Waals surface area contributed by atoms with Gasteiger partial charge in [-0.1, -0.05) is 45.9 Å². The first-order chi connectivity index (χ1) is 13.6. The lowest BCUT2D eigenvalue weighted by Gasteiger charge is -2.42. The van der Waals surface area contributed by atoms with Crippen molar-refractivity contribution < 1.29 is 19.1 Å². The number of Topliss-reactive ketones (excluding diaryl/α,β-unsaturated/α-hetero) is 1.